The lowest BCUT2D eigenvalue weighted by atomic mass is 9.93. The molecule has 4 heterocycles. The van der Waals surface area contributed by atoms with E-state index in [4.69, 9.17) is 9.90 Å². The number of carbonyl (C=O) groups excluding carboxylic acids is 2. The van der Waals surface area contributed by atoms with E-state index in [1.54, 1.807) is 17.3 Å². The number of aromatic nitrogens is 4. The first-order valence-electron chi connectivity index (χ1n) is 10.7. The quantitative estimate of drug-likeness (QED) is 0.568. The molecule has 0 spiro atoms. The van der Waals surface area contributed by atoms with Gasteiger partial charge in [-0.25, -0.2) is 0 Å². The van der Waals surface area contributed by atoms with Gasteiger partial charge in [-0.05, 0) is 37.0 Å². The van der Waals surface area contributed by atoms with E-state index >= 15 is 0 Å². The summed E-state index contributed by atoms with van der Waals surface area (Å²) in [6.07, 6.45) is 6.93. The van der Waals surface area contributed by atoms with Crippen LogP contribution in [0.4, 0.5) is 0 Å². The van der Waals surface area contributed by atoms with Gasteiger partial charge in [0.1, 0.15) is 5.82 Å². The van der Waals surface area contributed by atoms with Crippen molar-refractivity contribution in [2.75, 3.05) is 13.1 Å². The molecule has 32 heavy (non-hydrogen) atoms. The average molecular weight is 444 g/mol. The molecule has 2 aliphatic rings. The minimum Gasteiger partial charge on any atom is -0.483 e. The number of aliphatic hydroxyl groups excluding tert-OH is 1. The fraction of sp³-hybridized carbons (Fsp3) is 0.524. The maximum atomic E-state index is 13.1. The lowest BCUT2D eigenvalue weighted by molar-refractivity contribution is -0.131. The van der Waals surface area contributed by atoms with E-state index in [1.165, 1.54) is 0 Å². The summed E-state index contributed by atoms with van der Waals surface area (Å²) in [5.74, 6) is 0.0567. The predicted octanol–water partition coefficient (Wildman–Crippen LogP) is 0.240. The van der Waals surface area contributed by atoms with Gasteiger partial charge in [0.2, 0.25) is 11.7 Å². The Kier molecular flexibility index (Phi) is 8.26. The number of piperidine rings is 1. The molecule has 0 aliphatic carbocycles. The molecule has 2 aromatic rings. The SMILES string of the molecule is O=C(NCc1ccncc1)[C@H]1CN(C(=O)c2nnc3n2CCCCC3)CC[C@H]1O.O=CO. The summed E-state index contributed by atoms with van der Waals surface area (Å²) < 4.78 is 1.92. The molecule has 0 saturated carbocycles. The van der Waals surface area contributed by atoms with Crippen LogP contribution in [0.3, 0.4) is 0 Å². The molecule has 11 heteroatoms. The molecule has 0 unspecified atom stereocenters. The summed E-state index contributed by atoms with van der Waals surface area (Å²) in [5.41, 5.74) is 0.928. The molecular formula is C21H28N6O5. The zero-order chi connectivity index (χ0) is 22.9. The Hall–Kier alpha value is -3.34. The van der Waals surface area contributed by atoms with E-state index in [1.807, 2.05) is 16.7 Å². The minimum absolute atomic E-state index is 0.171. The van der Waals surface area contributed by atoms with Crippen molar-refractivity contribution in [3.63, 3.8) is 0 Å². The van der Waals surface area contributed by atoms with Gasteiger partial charge in [0.15, 0.2) is 0 Å². The number of aliphatic hydroxyl groups is 1. The van der Waals surface area contributed by atoms with Gasteiger partial charge in [-0.1, -0.05) is 6.42 Å². The first-order valence-corrected chi connectivity index (χ1v) is 10.7. The van der Waals surface area contributed by atoms with Crippen LogP contribution in [0.2, 0.25) is 0 Å². The van der Waals surface area contributed by atoms with Crippen LogP contribution in [0.5, 0.6) is 0 Å². The van der Waals surface area contributed by atoms with E-state index in [-0.39, 0.29) is 24.8 Å². The second-order valence-corrected chi connectivity index (χ2v) is 7.79. The summed E-state index contributed by atoms with van der Waals surface area (Å²) >= 11 is 0. The van der Waals surface area contributed by atoms with Gasteiger partial charge < -0.3 is 25.0 Å². The molecule has 1 fully saturated rings. The number of amides is 2. The summed E-state index contributed by atoms with van der Waals surface area (Å²) in [4.78, 5) is 39.7. The summed E-state index contributed by atoms with van der Waals surface area (Å²) in [6.45, 7) is 1.42. The number of hydrogen-bond acceptors (Lipinski definition) is 7. The monoisotopic (exact) mass is 444 g/mol. The van der Waals surface area contributed by atoms with E-state index in [9.17, 15) is 14.7 Å². The molecule has 2 aliphatic heterocycles. The normalized spacial score (nSPS) is 20.2. The number of fused-ring (bicyclic) bond motifs is 1. The molecule has 2 amide bonds. The lowest BCUT2D eigenvalue weighted by Crippen LogP contribution is -2.51. The zero-order valence-corrected chi connectivity index (χ0v) is 17.8. The largest absolute Gasteiger partial charge is 0.483 e. The van der Waals surface area contributed by atoms with Crippen molar-refractivity contribution in [3.8, 4) is 0 Å². The number of likely N-dealkylation sites (tertiary alicyclic amines) is 1. The van der Waals surface area contributed by atoms with Crippen LogP contribution in [0.15, 0.2) is 24.5 Å². The number of nitrogens with one attached hydrogen (secondary N) is 1. The summed E-state index contributed by atoms with van der Waals surface area (Å²) in [5, 5.41) is 28.4. The predicted molar refractivity (Wildman–Crippen MR) is 112 cm³/mol. The van der Waals surface area contributed by atoms with Crippen molar-refractivity contribution >= 4 is 18.3 Å². The van der Waals surface area contributed by atoms with Crippen molar-refractivity contribution in [1.29, 1.82) is 0 Å². The highest BCUT2D eigenvalue weighted by Gasteiger charge is 2.36. The van der Waals surface area contributed by atoms with Crippen molar-refractivity contribution in [2.45, 2.75) is 51.3 Å². The molecule has 3 N–H and O–H groups in total. The topological polar surface area (TPSA) is 151 Å². The molecular weight excluding hydrogens is 416 g/mol. The van der Waals surface area contributed by atoms with Gasteiger partial charge in [-0.3, -0.25) is 19.4 Å². The number of nitrogens with zero attached hydrogens (tertiary/aromatic N) is 5. The maximum absolute atomic E-state index is 13.1. The third kappa shape index (κ3) is 5.67. The van der Waals surface area contributed by atoms with E-state index < -0.39 is 12.0 Å². The van der Waals surface area contributed by atoms with Gasteiger partial charge in [-0.2, -0.15) is 0 Å². The third-order valence-electron chi connectivity index (χ3n) is 5.72. The highest BCUT2D eigenvalue weighted by atomic mass is 16.3. The van der Waals surface area contributed by atoms with E-state index in [0.29, 0.717) is 25.3 Å². The Morgan fingerprint density at radius 1 is 1.16 bits per heavy atom. The molecule has 11 nitrogen and oxygen atoms in total. The first kappa shape index (κ1) is 23.3. The van der Waals surface area contributed by atoms with Crippen molar-refractivity contribution < 1.29 is 24.6 Å². The average Bonchev–Trinajstić information content (AvgIpc) is 3.06. The fourth-order valence-corrected chi connectivity index (χ4v) is 3.99. The molecule has 2 aromatic heterocycles. The van der Waals surface area contributed by atoms with Crippen LogP contribution in [-0.2, 0) is 29.1 Å². The number of pyridine rings is 1. The standard InChI is InChI=1S/C20H26N6O3.CH2O2/c27-16-7-11-25(13-15(16)19(28)22-12-14-5-8-21-9-6-14)20(29)18-24-23-17-4-2-1-3-10-26(17)18;2-1-3/h5-6,8-9,15-16,27H,1-4,7,10-13H2,(H,22,28);1H,(H,2,3)/t15-,16+;/m0./s1. The van der Waals surface area contributed by atoms with E-state index in [0.717, 1.165) is 43.6 Å². The lowest BCUT2D eigenvalue weighted by Gasteiger charge is -2.35. The Morgan fingerprint density at radius 2 is 1.91 bits per heavy atom. The second-order valence-electron chi connectivity index (χ2n) is 7.79. The number of carboxylic acid groups (broad SMARTS) is 1. The van der Waals surface area contributed by atoms with E-state index in [2.05, 4.69) is 20.5 Å². The highest BCUT2D eigenvalue weighted by molar-refractivity contribution is 5.91. The molecule has 0 bridgehead atoms. The van der Waals surface area contributed by atoms with Crippen LogP contribution in [-0.4, -0.2) is 72.3 Å². The second kappa shape index (κ2) is 11.3. The molecule has 2 atom stereocenters. The molecule has 1 saturated heterocycles. The van der Waals surface area contributed by atoms with Crippen molar-refractivity contribution in [2.24, 2.45) is 5.92 Å². The molecule has 4 rings (SSSR count). The summed E-state index contributed by atoms with van der Waals surface area (Å²) in [7, 11) is 0. The number of carbonyl (C=O) groups is 3. The fourth-order valence-electron chi connectivity index (χ4n) is 3.99. The Balaban J connectivity index is 0.000000913. The van der Waals surface area contributed by atoms with Crippen molar-refractivity contribution in [1.82, 2.24) is 30.0 Å². The molecule has 0 radical (unpaired) electrons. The van der Waals surface area contributed by atoms with Gasteiger partial charge >= 0.3 is 0 Å². The Labute approximate surface area is 185 Å². The van der Waals surface area contributed by atoms with Crippen LogP contribution >= 0.6 is 0 Å². The smallest absolute Gasteiger partial charge is 0.291 e. The Bertz CT molecular complexity index is 919. The minimum atomic E-state index is -0.771. The third-order valence-corrected chi connectivity index (χ3v) is 5.72. The van der Waals surface area contributed by atoms with Gasteiger partial charge in [-0.15, -0.1) is 10.2 Å². The summed E-state index contributed by atoms with van der Waals surface area (Å²) in [6, 6.07) is 3.65. The number of hydrogen-bond donors (Lipinski definition) is 3. The number of aryl methyl sites for hydroxylation is 1. The Morgan fingerprint density at radius 3 is 2.66 bits per heavy atom. The first-order chi connectivity index (χ1) is 15.5. The number of rotatable bonds is 4. The molecule has 172 valence electrons. The van der Waals surface area contributed by atoms with Gasteiger partial charge in [0.05, 0.1) is 12.0 Å². The maximum Gasteiger partial charge on any atom is 0.291 e. The van der Waals surface area contributed by atoms with Gasteiger partial charge in [0.25, 0.3) is 12.4 Å². The van der Waals surface area contributed by atoms with Crippen LogP contribution in [0.25, 0.3) is 0 Å². The van der Waals surface area contributed by atoms with Crippen LogP contribution in [0, 0.1) is 5.92 Å². The van der Waals surface area contributed by atoms with Crippen molar-refractivity contribution in [3.05, 3.63) is 41.7 Å². The highest BCUT2D eigenvalue weighted by Crippen LogP contribution is 2.21. The van der Waals surface area contributed by atoms with Gasteiger partial charge in [0, 0.05) is 45.0 Å². The zero-order valence-electron chi connectivity index (χ0n) is 17.8. The van der Waals surface area contributed by atoms with Crippen LogP contribution < -0.4 is 5.32 Å². The van der Waals surface area contributed by atoms with Crippen LogP contribution in [0.1, 0.15) is 47.7 Å². The molecule has 0 aromatic carbocycles.